The molecule has 1 fully saturated rings. The van der Waals surface area contributed by atoms with Crippen molar-refractivity contribution in [3.05, 3.63) is 57.4 Å². The number of hydrogen-bond acceptors (Lipinski definition) is 3. The number of halogens is 2. The molecule has 2 unspecified atom stereocenters. The summed E-state index contributed by atoms with van der Waals surface area (Å²) in [5.74, 6) is 1.67. The summed E-state index contributed by atoms with van der Waals surface area (Å²) in [7, 11) is 0. The third-order valence-electron chi connectivity index (χ3n) is 6.31. The molecule has 1 N–H and O–H groups in total. The van der Waals surface area contributed by atoms with Crippen LogP contribution in [0, 0.1) is 30.5 Å². The highest BCUT2D eigenvalue weighted by Crippen LogP contribution is 2.20. The van der Waals surface area contributed by atoms with Crippen molar-refractivity contribution < 1.29 is 13.9 Å². The van der Waals surface area contributed by atoms with Crippen LogP contribution in [0.15, 0.2) is 35.5 Å². The van der Waals surface area contributed by atoms with E-state index in [0.717, 1.165) is 41.0 Å². The molecule has 2 aromatic rings. The van der Waals surface area contributed by atoms with Gasteiger partial charge >= 0.3 is 0 Å². The van der Waals surface area contributed by atoms with E-state index in [1.807, 2.05) is 33.0 Å². The van der Waals surface area contributed by atoms with E-state index in [1.54, 1.807) is 26.1 Å². The number of aromatic amines is 1. The van der Waals surface area contributed by atoms with E-state index in [0.29, 0.717) is 10.9 Å². The van der Waals surface area contributed by atoms with Crippen LogP contribution in [0.2, 0.25) is 5.02 Å². The second-order valence-electron chi connectivity index (χ2n) is 9.64. The number of aryl methyl sites for hydroxylation is 1. The monoisotopic (exact) mass is 534 g/mol. The largest absolute Gasteiger partial charge is 0.381 e. The third kappa shape index (κ3) is 15.6. The Bertz CT molecular complexity index is 993. The zero-order valence-corrected chi connectivity index (χ0v) is 24.9. The fourth-order valence-corrected chi connectivity index (χ4v) is 3.61. The summed E-state index contributed by atoms with van der Waals surface area (Å²) < 4.78 is 17.3. The quantitative estimate of drug-likeness (QED) is 0.373. The lowest BCUT2D eigenvalue weighted by Crippen LogP contribution is -2.35. The fraction of sp³-hybridized carbons (Fsp3) is 0.548. The minimum absolute atomic E-state index is 0.207. The third-order valence-corrected chi connectivity index (χ3v) is 6.53. The van der Waals surface area contributed by atoms with Crippen LogP contribution >= 0.6 is 11.6 Å². The van der Waals surface area contributed by atoms with Gasteiger partial charge in [-0.05, 0) is 63.4 Å². The maximum Gasteiger partial charge on any atom is 0.133 e. The summed E-state index contributed by atoms with van der Waals surface area (Å²) in [5.41, 5.74) is 1.85. The Labute approximate surface area is 229 Å². The van der Waals surface area contributed by atoms with Gasteiger partial charge in [-0.25, -0.2) is 4.39 Å². The number of nitrogens with one attached hydrogen (secondary N) is 1. The molecule has 0 aliphatic carbocycles. The van der Waals surface area contributed by atoms with Crippen molar-refractivity contribution in [2.24, 2.45) is 22.7 Å². The van der Waals surface area contributed by atoms with Gasteiger partial charge in [0.25, 0.3) is 0 Å². The minimum Gasteiger partial charge on any atom is -0.381 e. The van der Waals surface area contributed by atoms with Crippen LogP contribution in [-0.2, 0) is 9.53 Å². The molecule has 2 atom stereocenters. The second-order valence-corrected chi connectivity index (χ2v) is 10.1. The molecule has 1 aromatic carbocycles. The number of nitrogens with zero attached hydrogens (tertiary/aromatic N) is 1. The highest BCUT2D eigenvalue weighted by atomic mass is 35.5. The smallest absolute Gasteiger partial charge is 0.133 e. The molecule has 0 radical (unpaired) electrons. The van der Waals surface area contributed by atoms with E-state index in [1.165, 1.54) is 37.8 Å². The number of ether oxygens (including phenoxy) is 1. The van der Waals surface area contributed by atoms with Crippen LogP contribution in [-0.4, -0.2) is 30.2 Å². The van der Waals surface area contributed by atoms with Gasteiger partial charge in [-0.2, -0.15) is 0 Å². The number of carbonyl (C=O) groups is 1. The van der Waals surface area contributed by atoms with Gasteiger partial charge in [-0.15, -0.1) is 0 Å². The van der Waals surface area contributed by atoms with Crippen molar-refractivity contribution in [3.63, 3.8) is 0 Å². The van der Waals surface area contributed by atoms with E-state index >= 15 is 0 Å². The minimum atomic E-state index is -0.278. The van der Waals surface area contributed by atoms with Crippen LogP contribution in [0.5, 0.6) is 0 Å². The van der Waals surface area contributed by atoms with Gasteiger partial charge in [0.05, 0.1) is 13.2 Å². The van der Waals surface area contributed by atoms with Gasteiger partial charge in [0.15, 0.2) is 0 Å². The van der Waals surface area contributed by atoms with E-state index in [9.17, 15) is 9.18 Å². The van der Waals surface area contributed by atoms with Gasteiger partial charge < -0.3 is 9.72 Å². The standard InChI is InChI=1S/C9H12N2.C8H18.C7H6ClF.C7H12O2/c1-4-10-7(2)9-5-6-11-8(9)3;1-4-6-7-8(3)5-2;1-5-2-6(8)4-7(9)3-5;1-5(6(2)8)7-3-9-4-7/h4-6,11H,3H2,1-2H3;8H,4-7H2,1-3H3;2-4H,1H3;5,7H,3-4H2,1-2H3/b9-7-,10-4?;;;. The number of Topliss-reactive ketones (excluding diaryl/α,β-unsaturated/α-hetero) is 1. The van der Waals surface area contributed by atoms with Crippen LogP contribution in [0.25, 0.3) is 12.3 Å². The zero-order chi connectivity index (χ0) is 28.4. The Balaban J connectivity index is 0.000000471. The summed E-state index contributed by atoms with van der Waals surface area (Å²) in [6, 6.07) is 6.41. The topological polar surface area (TPSA) is 54.5 Å². The van der Waals surface area contributed by atoms with Gasteiger partial charge in [0, 0.05) is 45.5 Å². The van der Waals surface area contributed by atoms with Gasteiger partial charge in [0.1, 0.15) is 11.6 Å². The van der Waals surface area contributed by atoms with Crippen molar-refractivity contribution in [2.45, 2.75) is 81.1 Å². The summed E-state index contributed by atoms with van der Waals surface area (Å²) in [6.45, 7) is 21.5. The molecule has 1 saturated heterocycles. The lowest BCUT2D eigenvalue weighted by Gasteiger charge is -2.29. The van der Waals surface area contributed by atoms with Crippen LogP contribution in [0.1, 0.15) is 79.7 Å². The molecule has 0 bridgehead atoms. The SMILES string of the molecule is C=c1[nH]cc/c1=C(\C)N=CC.CC(=O)C(C)C1COC1.CCCCC(C)CC.Cc1cc(F)cc(Cl)c1. The van der Waals surface area contributed by atoms with Crippen molar-refractivity contribution in [2.75, 3.05) is 13.2 Å². The molecule has 208 valence electrons. The average molecular weight is 535 g/mol. The second kappa shape index (κ2) is 19.8. The molecule has 1 aromatic heterocycles. The van der Waals surface area contributed by atoms with Gasteiger partial charge in [0.2, 0.25) is 0 Å². The molecular weight excluding hydrogens is 487 g/mol. The lowest BCUT2D eigenvalue weighted by molar-refractivity contribution is -0.129. The van der Waals surface area contributed by atoms with E-state index in [-0.39, 0.29) is 17.5 Å². The molecule has 0 saturated carbocycles. The Kier molecular flexibility index (Phi) is 18.6. The molecule has 2 heterocycles. The van der Waals surface area contributed by atoms with E-state index in [2.05, 4.69) is 37.3 Å². The molecule has 37 heavy (non-hydrogen) atoms. The van der Waals surface area contributed by atoms with Crippen molar-refractivity contribution in [3.8, 4) is 0 Å². The molecule has 4 nitrogen and oxygen atoms in total. The zero-order valence-electron chi connectivity index (χ0n) is 24.2. The summed E-state index contributed by atoms with van der Waals surface area (Å²) in [6.07, 6.45) is 9.18. The maximum atomic E-state index is 12.3. The highest BCUT2D eigenvalue weighted by molar-refractivity contribution is 6.30. The Morgan fingerprint density at radius 2 is 1.92 bits per heavy atom. The van der Waals surface area contributed by atoms with Gasteiger partial charge in [-0.1, -0.05) is 71.6 Å². The Morgan fingerprint density at radius 1 is 1.27 bits per heavy atom. The highest BCUT2D eigenvalue weighted by Gasteiger charge is 2.27. The molecule has 3 rings (SSSR count). The predicted molar refractivity (Wildman–Crippen MR) is 158 cm³/mol. The average Bonchev–Trinajstić information content (AvgIpc) is 3.22. The first-order valence-electron chi connectivity index (χ1n) is 13.3. The first-order chi connectivity index (χ1) is 17.5. The summed E-state index contributed by atoms with van der Waals surface area (Å²) in [4.78, 5) is 17.9. The summed E-state index contributed by atoms with van der Waals surface area (Å²) in [5, 5.41) is 2.46. The summed E-state index contributed by atoms with van der Waals surface area (Å²) >= 11 is 5.51. The molecule has 1 aliphatic rings. The first-order valence-corrected chi connectivity index (χ1v) is 13.7. The van der Waals surface area contributed by atoms with Crippen LogP contribution in [0.3, 0.4) is 0 Å². The van der Waals surface area contributed by atoms with Crippen molar-refractivity contribution >= 4 is 35.9 Å². The van der Waals surface area contributed by atoms with E-state index in [4.69, 9.17) is 16.3 Å². The Morgan fingerprint density at radius 3 is 2.27 bits per heavy atom. The molecule has 0 spiro atoms. The van der Waals surface area contributed by atoms with E-state index < -0.39 is 0 Å². The number of rotatable bonds is 7. The number of aromatic nitrogens is 1. The number of aliphatic imine (C=N–C) groups is 1. The normalized spacial score (nSPS) is 15.1. The maximum absolute atomic E-state index is 12.3. The number of ketones is 1. The van der Waals surface area contributed by atoms with Crippen LogP contribution in [0.4, 0.5) is 4.39 Å². The van der Waals surface area contributed by atoms with Crippen LogP contribution < -0.4 is 10.6 Å². The van der Waals surface area contributed by atoms with Crippen molar-refractivity contribution in [1.82, 2.24) is 4.98 Å². The molecule has 6 heteroatoms. The van der Waals surface area contributed by atoms with Crippen molar-refractivity contribution in [1.29, 1.82) is 0 Å². The number of H-pyrrole nitrogens is 1. The molecule has 1 aliphatic heterocycles. The number of benzene rings is 1. The Hall–Kier alpha value is -2.24. The first kappa shape index (κ1) is 34.8. The fourth-order valence-electron chi connectivity index (χ4n) is 3.33. The lowest BCUT2D eigenvalue weighted by atomic mass is 9.90. The van der Waals surface area contributed by atoms with Gasteiger partial charge in [-0.3, -0.25) is 9.79 Å². The number of hydrogen-bond donors (Lipinski definition) is 1. The molecular formula is C31H48ClFN2O2. The molecule has 0 amide bonds. The predicted octanol–water partition coefficient (Wildman–Crippen LogP) is 7.51. The number of unbranched alkanes of at least 4 members (excludes halogenated alkanes) is 1. The number of carbonyl (C=O) groups excluding carboxylic acids is 1.